The number of fused-ring (bicyclic) bond motifs is 1. The van der Waals surface area contributed by atoms with Crippen molar-refractivity contribution in [3.05, 3.63) is 66.1 Å². The van der Waals surface area contributed by atoms with E-state index in [1.807, 2.05) is 19.3 Å². The standard InChI is InChI=1S/C19H18F2N6/c1-12(14-10-13(20)4-5-16(14)21)26(3)18-7-9-27-19(23-18)15(11-22-27)17-6-8-25(2)24-17/h4-12H,1-3H3. The first kappa shape index (κ1) is 17.1. The molecule has 0 aliphatic heterocycles. The molecule has 0 radical (unpaired) electrons. The fraction of sp³-hybridized carbons (Fsp3) is 0.211. The predicted octanol–water partition coefficient (Wildman–Crippen LogP) is 3.61. The van der Waals surface area contributed by atoms with Crippen molar-refractivity contribution in [2.75, 3.05) is 11.9 Å². The van der Waals surface area contributed by atoms with Crippen LogP contribution in [-0.4, -0.2) is 31.4 Å². The number of benzene rings is 1. The van der Waals surface area contributed by atoms with Gasteiger partial charge in [-0.15, -0.1) is 0 Å². The van der Waals surface area contributed by atoms with Crippen LogP contribution in [-0.2, 0) is 7.05 Å². The molecule has 4 rings (SSSR count). The number of aromatic nitrogens is 5. The first-order chi connectivity index (χ1) is 12.9. The van der Waals surface area contributed by atoms with Gasteiger partial charge in [-0.2, -0.15) is 10.2 Å². The van der Waals surface area contributed by atoms with E-state index in [0.717, 1.165) is 23.4 Å². The van der Waals surface area contributed by atoms with Crippen LogP contribution in [0, 0.1) is 11.6 Å². The molecule has 0 saturated carbocycles. The van der Waals surface area contributed by atoms with E-state index in [2.05, 4.69) is 15.2 Å². The Bertz CT molecular complexity index is 1120. The topological polar surface area (TPSA) is 51.2 Å². The normalized spacial score (nSPS) is 12.5. The van der Waals surface area contributed by atoms with E-state index in [1.165, 1.54) is 6.07 Å². The van der Waals surface area contributed by atoms with Crippen molar-refractivity contribution in [1.82, 2.24) is 24.4 Å². The van der Waals surface area contributed by atoms with Crippen molar-refractivity contribution in [3.8, 4) is 11.3 Å². The van der Waals surface area contributed by atoms with Crippen LogP contribution in [0.4, 0.5) is 14.6 Å². The lowest BCUT2D eigenvalue weighted by Gasteiger charge is -2.26. The molecule has 0 aliphatic rings. The van der Waals surface area contributed by atoms with E-state index in [1.54, 1.807) is 46.5 Å². The average molecular weight is 368 g/mol. The molecule has 0 amide bonds. The Morgan fingerprint density at radius 1 is 1.11 bits per heavy atom. The number of hydrogen-bond acceptors (Lipinski definition) is 4. The van der Waals surface area contributed by atoms with Crippen molar-refractivity contribution < 1.29 is 8.78 Å². The molecule has 1 atom stereocenters. The third kappa shape index (κ3) is 3.03. The molecule has 6 nitrogen and oxygen atoms in total. The Hall–Kier alpha value is -3.29. The van der Waals surface area contributed by atoms with Gasteiger partial charge in [0.15, 0.2) is 5.65 Å². The van der Waals surface area contributed by atoms with E-state index in [9.17, 15) is 8.78 Å². The predicted molar refractivity (Wildman–Crippen MR) is 98.4 cm³/mol. The average Bonchev–Trinajstić information content (AvgIpc) is 3.27. The van der Waals surface area contributed by atoms with Crippen molar-refractivity contribution in [1.29, 1.82) is 0 Å². The van der Waals surface area contributed by atoms with Crippen LogP contribution >= 0.6 is 0 Å². The summed E-state index contributed by atoms with van der Waals surface area (Å²) in [6, 6.07) is 6.74. The fourth-order valence-corrected chi connectivity index (χ4v) is 3.04. The summed E-state index contributed by atoms with van der Waals surface area (Å²) in [5, 5.41) is 8.71. The van der Waals surface area contributed by atoms with Gasteiger partial charge in [0.2, 0.25) is 0 Å². The molecule has 0 aliphatic carbocycles. The van der Waals surface area contributed by atoms with E-state index in [4.69, 9.17) is 0 Å². The first-order valence-electron chi connectivity index (χ1n) is 8.46. The molecule has 0 bridgehead atoms. The second-order valence-corrected chi connectivity index (χ2v) is 6.44. The fourth-order valence-electron chi connectivity index (χ4n) is 3.04. The molecule has 0 N–H and O–H groups in total. The minimum absolute atomic E-state index is 0.276. The van der Waals surface area contributed by atoms with Gasteiger partial charge in [-0.05, 0) is 37.3 Å². The Morgan fingerprint density at radius 2 is 1.93 bits per heavy atom. The van der Waals surface area contributed by atoms with Crippen LogP contribution in [0.2, 0.25) is 0 Å². The SMILES string of the molecule is CC(c1cc(F)ccc1F)N(C)c1ccn2ncc(-c3ccn(C)n3)c2n1. The summed E-state index contributed by atoms with van der Waals surface area (Å²) >= 11 is 0. The third-order valence-corrected chi connectivity index (χ3v) is 4.69. The van der Waals surface area contributed by atoms with Gasteiger partial charge in [0.1, 0.15) is 17.5 Å². The van der Waals surface area contributed by atoms with E-state index in [0.29, 0.717) is 11.5 Å². The lowest BCUT2D eigenvalue weighted by atomic mass is 10.1. The smallest absolute Gasteiger partial charge is 0.166 e. The van der Waals surface area contributed by atoms with E-state index < -0.39 is 17.7 Å². The van der Waals surface area contributed by atoms with Gasteiger partial charge < -0.3 is 4.90 Å². The summed E-state index contributed by atoms with van der Waals surface area (Å²) in [6.07, 6.45) is 5.35. The number of aryl methyl sites for hydroxylation is 1. The molecular formula is C19H18F2N6. The highest BCUT2D eigenvalue weighted by molar-refractivity contribution is 5.75. The molecule has 27 heavy (non-hydrogen) atoms. The minimum atomic E-state index is -0.469. The maximum Gasteiger partial charge on any atom is 0.166 e. The highest BCUT2D eigenvalue weighted by atomic mass is 19.1. The summed E-state index contributed by atoms with van der Waals surface area (Å²) < 4.78 is 31.1. The number of anilines is 1. The summed E-state index contributed by atoms with van der Waals surface area (Å²) in [5.41, 5.74) is 2.49. The molecule has 1 aromatic carbocycles. The molecule has 1 unspecified atom stereocenters. The Balaban J connectivity index is 1.74. The molecular weight excluding hydrogens is 350 g/mol. The highest BCUT2D eigenvalue weighted by Crippen LogP contribution is 2.28. The Kier molecular flexibility index (Phi) is 4.10. The van der Waals surface area contributed by atoms with Gasteiger partial charge >= 0.3 is 0 Å². The summed E-state index contributed by atoms with van der Waals surface area (Å²) in [6.45, 7) is 1.81. The summed E-state index contributed by atoms with van der Waals surface area (Å²) in [5.74, 6) is -0.296. The lowest BCUT2D eigenvalue weighted by Crippen LogP contribution is -2.23. The first-order valence-corrected chi connectivity index (χ1v) is 8.46. The summed E-state index contributed by atoms with van der Waals surface area (Å²) in [7, 11) is 3.64. The zero-order chi connectivity index (χ0) is 19.1. The van der Waals surface area contributed by atoms with Crippen LogP contribution in [0.5, 0.6) is 0 Å². The monoisotopic (exact) mass is 368 g/mol. The molecule has 3 aromatic heterocycles. The van der Waals surface area contributed by atoms with E-state index >= 15 is 0 Å². The second kappa shape index (κ2) is 6.46. The molecule has 8 heteroatoms. The lowest BCUT2D eigenvalue weighted by molar-refractivity contribution is 0.564. The molecule has 138 valence electrons. The van der Waals surface area contributed by atoms with Gasteiger partial charge in [0, 0.05) is 32.1 Å². The number of nitrogens with zero attached hydrogens (tertiary/aromatic N) is 6. The zero-order valence-electron chi connectivity index (χ0n) is 15.1. The Morgan fingerprint density at radius 3 is 2.67 bits per heavy atom. The van der Waals surface area contributed by atoms with Gasteiger partial charge in [0.05, 0.1) is 23.5 Å². The quantitative estimate of drug-likeness (QED) is 0.552. The minimum Gasteiger partial charge on any atom is -0.353 e. The largest absolute Gasteiger partial charge is 0.353 e. The molecule has 3 heterocycles. The van der Waals surface area contributed by atoms with Crippen molar-refractivity contribution >= 4 is 11.5 Å². The van der Waals surface area contributed by atoms with Crippen molar-refractivity contribution in [3.63, 3.8) is 0 Å². The van der Waals surface area contributed by atoms with Crippen molar-refractivity contribution in [2.24, 2.45) is 7.05 Å². The van der Waals surface area contributed by atoms with Gasteiger partial charge in [-0.3, -0.25) is 4.68 Å². The van der Waals surface area contributed by atoms with Crippen LogP contribution in [0.3, 0.4) is 0 Å². The summed E-state index contributed by atoms with van der Waals surface area (Å²) in [4.78, 5) is 6.48. The van der Waals surface area contributed by atoms with E-state index in [-0.39, 0.29) is 5.56 Å². The van der Waals surface area contributed by atoms with Crippen LogP contribution < -0.4 is 4.90 Å². The van der Waals surface area contributed by atoms with Gasteiger partial charge in [-0.1, -0.05) is 0 Å². The molecule has 0 spiro atoms. The maximum absolute atomic E-state index is 14.1. The van der Waals surface area contributed by atoms with Gasteiger partial charge in [-0.25, -0.2) is 18.3 Å². The van der Waals surface area contributed by atoms with Crippen LogP contribution in [0.15, 0.2) is 48.9 Å². The van der Waals surface area contributed by atoms with Crippen LogP contribution in [0.1, 0.15) is 18.5 Å². The number of hydrogen-bond donors (Lipinski definition) is 0. The Labute approximate surface area is 154 Å². The highest BCUT2D eigenvalue weighted by Gasteiger charge is 2.19. The molecule has 0 fully saturated rings. The molecule has 0 saturated heterocycles. The maximum atomic E-state index is 14.1. The zero-order valence-corrected chi connectivity index (χ0v) is 15.1. The van der Waals surface area contributed by atoms with Gasteiger partial charge in [0.25, 0.3) is 0 Å². The third-order valence-electron chi connectivity index (χ3n) is 4.69. The van der Waals surface area contributed by atoms with Crippen molar-refractivity contribution in [2.45, 2.75) is 13.0 Å². The van der Waals surface area contributed by atoms with Crippen LogP contribution in [0.25, 0.3) is 16.9 Å². The number of halogens is 2. The number of rotatable bonds is 4. The second-order valence-electron chi connectivity index (χ2n) is 6.44. The molecule has 4 aromatic rings.